The molecule has 1 aliphatic heterocycles. The number of aromatic nitrogens is 1. The highest BCUT2D eigenvalue weighted by molar-refractivity contribution is 6.40. The van der Waals surface area contributed by atoms with Crippen LogP contribution < -0.4 is 16.1 Å². The number of para-hydroxylation sites is 1. The number of primary amides is 1. The van der Waals surface area contributed by atoms with Gasteiger partial charge in [-0.3, -0.25) is 19.6 Å². The first-order valence-corrected chi connectivity index (χ1v) is 7.98. The lowest BCUT2D eigenvalue weighted by molar-refractivity contribution is -0.119. The third-order valence-electron chi connectivity index (χ3n) is 4.08. The zero-order valence-electron chi connectivity index (χ0n) is 13.8. The lowest BCUT2D eigenvalue weighted by atomic mass is 10.1. The van der Waals surface area contributed by atoms with E-state index in [4.69, 9.17) is 5.73 Å². The molecular formula is C18H19N5O2. The Hall–Kier alpha value is -3.22. The lowest BCUT2D eigenvalue weighted by Gasteiger charge is -2.20. The van der Waals surface area contributed by atoms with Gasteiger partial charge in [-0.05, 0) is 36.8 Å². The second kappa shape index (κ2) is 7.12. The van der Waals surface area contributed by atoms with E-state index in [0.29, 0.717) is 0 Å². The van der Waals surface area contributed by atoms with Gasteiger partial charge in [0.05, 0.1) is 11.7 Å². The van der Waals surface area contributed by atoms with Gasteiger partial charge >= 0.3 is 0 Å². The molecule has 3 N–H and O–H groups in total. The maximum Gasteiger partial charge on any atom is 0.268 e. The first-order valence-electron chi connectivity index (χ1n) is 7.98. The summed E-state index contributed by atoms with van der Waals surface area (Å²) in [6, 6.07) is 12.0. The Morgan fingerprint density at radius 3 is 2.52 bits per heavy atom. The molecule has 1 aromatic carbocycles. The summed E-state index contributed by atoms with van der Waals surface area (Å²) in [6.45, 7) is 1.88. The van der Waals surface area contributed by atoms with Crippen LogP contribution in [0.3, 0.4) is 0 Å². The van der Waals surface area contributed by atoms with Gasteiger partial charge in [0.25, 0.3) is 5.91 Å². The van der Waals surface area contributed by atoms with Crippen LogP contribution in [-0.2, 0) is 9.59 Å². The molecule has 0 fully saturated rings. The molecule has 7 heteroatoms. The van der Waals surface area contributed by atoms with E-state index in [-0.39, 0.29) is 24.1 Å². The maximum absolute atomic E-state index is 12.5. The number of nitrogens with one attached hydrogen (secondary N) is 1. The van der Waals surface area contributed by atoms with Gasteiger partial charge in [0.2, 0.25) is 5.91 Å². The van der Waals surface area contributed by atoms with Gasteiger partial charge < -0.3 is 11.1 Å². The standard InChI is InChI=1S/C18H19N5O2/c1-12(13-7-9-20-10-8-13)21-18(25)15-11-16(17(19)24)23(22-15)14-5-3-2-4-6-14/h2-10,12,16H,11H2,1H3,(H2,19,24)(H,21,25). The van der Waals surface area contributed by atoms with Crippen molar-refractivity contribution in [2.24, 2.45) is 10.8 Å². The zero-order chi connectivity index (χ0) is 17.8. The van der Waals surface area contributed by atoms with Gasteiger partial charge in [-0.15, -0.1) is 0 Å². The van der Waals surface area contributed by atoms with Crippen LogP contribution in [0.5, 0.6) is 0 Å². The molecule has 0 radical (unpaired) electrons. The quantitative estimate of drug-likeness (QED) is 0.860. The molecule has 2 aromatic rings. The largest absolute Gasteiger partial charge is 0.368 e. The highest BCUT2D eigenvalue weighted by Crippen LogP contribution is 2.24. The number of rotatable bonds is 5. The number of hydrogen-bond acceptors (Lipinski definition) is 5. The highest BCUT2D eigenvalue weighted by atomic mass is 16.2. The van der Waals surface area contributed by atoms with Crippen molar-refractivity contribution in [2.75, 3.05) is 5.01 Å². The predicted molar refractivity (Wildman–Crippen MR) is 94.8 cm³/mol. The van der Waals surface area contributed by atoms with E-state index in [1.807, 2.05) is 49.4 Å². The molecule has 2 unspecified atom stereocenters. The van der Waals surface area contributed by atoms with Crippen LogP contribution in [0.2, 0.25) is 0 Å². The van der Waals surface area contributed by atoms with E-state index in [2.05, 4.69) is 15.4 Å². The first kappa shape index (κ1) is 16.6. The Balaban J connectivity index is 1.77. The summed E-state index contributed by atoms with van der Waals surface area (Å²) in [4.78, 5) is 28.3. The summed E-state index contributed by atoms with van der Waals surface area (Å²) < 4.78 is 0. The fraction of sp³-hybridized carbons (Fsp3) is 0.222. The van der Waals surface area contributed by atoms with Gasteiger partial charge in [0.1, 0.15) is 11.8 Å². The Labute approximate surface area is 145 Å². The Kier molecular flexibility index (Phi) is 4.74. The van der Waals surface area contributed by atoms with Gasteiger partial charge in [0, 0.05) is 18.8 Å². The second-order valence-electron chi connectivity index (χ2n) is 5.82. The summed E-state index contributed by atoms with van der Waals surface area (Å²) >= 11 is 0. The number of amides is 2. The van der Waals surface area contributed by atoms with Crippen LogP contribution in [0.15, 0.2) is 60.0 Å². The lowest BCUT2D eigenvalue weighted by Crippen LogP contribution is -2.40. The molecular weight excluding hydrogens is 318 g/mol. The number of anilines is 1. The van der Waals surface area contributed by atoms with Crippen molar-refractivity contribution in [3.8, 4) is 0 Å². The molecule has 0 bridgehead atoms. The number of pyridine rings is 1. The number of carbonyl (C=O) groups is 2. The Bertz CT molecular complexity index is 792. The van der Waals surface area contributed by atoms with Crippen molar-refractivity contribution < 1.29 is 9.59 Å². The molecule has 2 heterocycles. The Morgan fingerprint density at radius 2 is 1.88 bits per heavy atom. The number of hydrogen-bond donors (Lipinski definition) is 2. The van der Waals surface area contributed by atoms with Crippen LogP contribution in [-0.4, -0.2) is 28.6 Å². The number of nitrogens with zero attached hydrogens (tertiary/aromatic N) is 3. The summed E-state index contributed by atoms with van der Waals surface area (Å²) in [7, 11) is 0. The molecule has 1 aromatic heterocycles. The third-order valence-corrected chi connectivity index (χ3v) is 4.08. The van der Waals surface area contributed by atoms with E-state index < -0.39 is 11.9 Å². The molecule has 0 saturated heterocycles. The minimum absolute atomic E-state index is 0.180. The van der Waals surface area contributed by atoms with Crippen LogP contribution in [0, 0.1) is 0 Å². The predicted octanol–water partition coefficient (Wildman–Crippen LogP) is 1.38. The Morgan fingerprint density at radius 1 is 1.20 bits per heavy atom. The minimum Gasteiger partial charge on any atom is -0.368 e. The monoisotopic (exact) mass is 337 g/mol. The number of nitrogens with two attached hydrogens (primary N) is 1. The summed E-state index contributed by atoms with van der Waals surface area (Å²) in [5.41, 5.74) is 7.43. The van der Waals surface area contributed by atoms with Crippen molar-refractivity contribution in [3.63, 3.8) is 0 Å². The summed E-state index contributed by atoms with van der Waals surface area (Å²) in [5, 5.41) is 8.73. The van der Waals surface area contributed by atoms with Crippen molar-refractivity contribution in [1.29, 1.82) is 0 Å². The van der Waals surface area contributed by atoms with Crippen molar-refractivity contribution in [3.05, 3.63) is 60.4 Å². The third kappa shape index (κ3) is 3.65. The number of carbonyl (C=O) groups excluding carboxylic acids is 2. The van der Waals surface area contributed by atoms with Crippen LogP contribution >= 0.6 is 0 Å². The molecule has 2 atom stereocenters. The zero-order valence-corrected chi connectivity index (χ0v) is 13.8. The molecule has 7 nitrogen and oxygen atoms in total. The maximum atomic E-state index is 12.5. The van der Waals surface area contributed by atoms with Crippen LogP contribution in [0.4, 0.5) is 5.69 Å². The van der Waals surface area contributed by atoms with Gasteiger partial charge in [-0.1, -0.05) is 18.2 Å². The number of benzene rings is 1. The SMILES string of the molecule is CC(NC(=O)C1=NN(c2ccccc2)C(C(N)=O)C1)c1ccncc1. The number of hydrazone groups is 1. The van der Waals surface area contributed by atoms with Crippen molar-refractivity contribution in [2.45, 2.75) is 25.4 Å². The van der Waals surface area contributed by atoms with Gasteiger partial charge in [-0.2, -0.15) is 5.10 Å². The van der Waals surface area contributed by atoms with E-state index >= 15 is 0 Å². The molecule has 0 aliphatic carbocycles. The first-order chi connectivity index (χ1) is 12.1. The van der Waals surface area contributed by atoms with Gasteiger partial charge in [-0.25, -0.2) is 0 Å². The van der Waals surface area contributed by atoms with E-state index in [9.17, 15) is 9.59 Å². The van der Waals surface area contributed by atoms with Crippen LogP contribution in [0.1, 0.15) is 24.9 Å². The summed E-state index contributed by atoms with van der Waals surface area (Å²) in [5.74, 6) is -0.827. The smallest absolute Gasteiger partial charge is 0.268 e. The van der Waals surface area contributed by atoms with Crippen molar-refractivity contribution >= 4 is 23.2 Å². The molecule has 0 saturated carbocycles. The van der Waals surface area contributed by atoms with Gasteiger partial charge in [0.15, 0.2) is 0 Å². The second-order valence-corrected chi connectivity index (χ2v) is 5.82. The van der Waals surface area contributed by atoms with Crippen molar-refractivity contribution in [1.82, 2.24) is 10.3 Å². The summed E-state index contributed by atoms with van der Waals surface area (Å²) in [6.07, 6.45) is 3.52. The fourth-order valence-corrected chi connectivity index (χ4v) is 2.70. The normalized spacial score (nSPS) is 17.7. The molecule has 25 heavy (non-hydrogen) atoms. The topological polar surface area (TPSA) is 101 Å². The van der Waals surface area contributed by atoms with Crippen LogP contribution in [0.25, 0.3) is 0 Å². The fourth-order valence-electron chi connectivity index (χ4n) is 2.70. The van der Waals surface area contributed by atoms with E-state index in [1.54, 1.807) is 12.4 Å². The average Bonchev–Trinajstić information content (AvgIpc) is 3.09. The average molecular weight is 337 g/mol. The molecule has 2 amide bonds. The van der Waals surface area contributed by atoms with E-state index in [0.717, 1.165) is 11.3 Å². The minimum atomic E-state index is -0.667. The molecule has 128 valence electrons. The molecule has 3 rings (SSSR count). The molecule has 1 aliphatic rings. The molecule has 0 spiro atoms. The van der Waals surface area contributed by atoms with E-state index in [1.165, 1.54) is 5.01 Å². The highest BCUT2D eigenvalue weighted by Gasteiger charge is 2.35.